The van der Waals surface area contributed by atoms with E-state index >= 15 is 0 Å². The van der Waals surface area contributed by atoms with E-state index in [1.165, 1.54) is 35.1 Å². The van der Waals surface area contributed by atoms with Crippen LogP contribution in [0.5, 0.6) is 0 Å². The summed E-state index contributed by atoms with van der Waals surface area (Å²) < 4.78 is 0. The average Bonchev–Trinajstić information content (AvgIpc) is 2.69. The van der Waals surface area contributed by atoms with E-state index < -0.39 is 0 Å². The first kappa shape index (κ1) is 11.2. The summed E-state index contributed by atoms with van der Waals surface area (Å²) in [5, 5.41) is 3.90. The highest BCUT2D eigenvalue weighted by Gasteiger charge is 2.48. The Labute approximate surface area is 114 Å². The maximum atomic E-state index is 3.90. The Morgan fingerprint density at radius 1 is 1.32 bits per heavy atom. The van der Waals surface area contributed by atoms with Crippen LogP contribution >= 0.6 is 0 Å². The van der Waals surface area contributed by atoms with Crippen LogP contribution < -0.4 is 5.32 Å². The van der Waals surface area contributed by atoms with Gasteiger partial charge in [0.05, 0.1) is 5.54 Å². The first-order chi connectivity index (χ1) is 9.35. The predicted octanol–water partition coefficient (Wildman–Crippen LogP) is 3.94. The topological polar surface area (TPSA) is 12.0 Å². The summed E-state index contributed by atoms with van der Waals surface area (Å²) in [4.78, 5) is 0. The van der Waals surface area contributed by atoms with Crippen molar-refractivity contribution >= 4 is 6.08 Å². The van der Waals surface area contributed by atoms with Gasteiger partial charge in [0.25, 0.3) is 0 Å². The van der Waals surface area contributed by atoms with Gasteiger partial charge in [-0.15, -0.1) is 0 Å². The molecule has 2 atom stereocenters. The Morgan fingerprint density at radius 2 is 2.21 bits per heavy atom. The van der Waals surface area contributed by atoms with Gasteiger partial charge in [0.2, 0.25) is 0 Å². The Balaban J connectivity index is 1.96. The van der Waals surface area contributed by atoms with Crippen molar-refractivity contribution in [2.45, 2.75) is 37.8 Å². The van der Waals surface area contributed by atoms with Crippen LogP contribution in [0.1, 0.15) is 37.3 Å². The van der Waals surface area contributed by atoms with Gasteiger partial charge in [-0.3, -0.25) is 5.32 Å². The largest absolute Gasteiger partial charge is 0.294 e. The van der Waals surface area contributed by atoms with Gasteiger partial charge in [0.15, 0.2) is 0 Å². The monoisotopic (exact) mass is 249 g/mol. The van der Waals surface area contributed by atoms with E-state index in [-0.39, 0.29) is 5.54 Å². The van der Waals surface area contributed by atoms with E-state index in [1.807, 2.05) is 0 Å². The van der Waals surface area contributed by atoms with Gasteiger partial charge in [-0.1, -0.05) is 55.8 Å². The molecule has 1 heteroatoms. The van der Waals surface area contributed by atoms with E-state index in [2.05, 4.69) is 60.8 Å². The van der Waals surface area contributed by atoms with E-state index in [0.717, 1.165) is 6.42 Å². The van der Waals surface area contributed by atoms with Crippen LogP contribution in [-0.2, 0) is 5.54 Å². The minimum Gasteiger partial charge on any atom is -0.294 e. The van der Waals surface area contributed by atoms with Crippen LogP contribution in [0.25, 0.3) is 6.08 Å². The lowest BCUT2D eigenvalue weighted by Gasteiger charge is -2.34. The van der Waals surface area contributed by atoms with E-state index in [0.29, 0.717) is 6.04 Å². The van der Waals surface area contributed by atoms with Crippen molar-refractivity contribution in [1.29, 1.82) is 0 Å². The molecule has 1 aromatic carbocycles. The molecule has 2 aliphatic carbocycles. The molecule has 0 spiro atoms. The van der Waals surface area contributed by atoms with Crippen molar-refractivity contribution in [3.63, 3.8) is 0 Å². The number of allylic oxidation sites excluding steroid dienone is 2. The highest BCUT2D eigenvalue weighted by atomic mass is 15.1. The smallest absolute Gasteiger partial charge is 0.0888 e. The first-order valence-electron chi connectivity index (χ1n) is 7.32. The normalized spacial score (nSPS) is 30.5. The second-order valence-electron chi connectivity index (χ2n) is 5.74. The highest BCUT2D eigenvalue weighted by Crippen LogP contribution is 2.51. The molecule has 1 N–H and O–H groups in total. The molecule has 2 bridgehead atoms. The molecule has 19 heavy (non-hydrogen) atoms. The summed E-state index contributed by atoms with van der Waals surface area (Å²) in [6, 6.07) is 9.31. The quantitative estimate of drug-likeness (QED) is 0.783. The maximum absolute atomic E-state index is 3.90. The van der Waals surface area contributed by atoms with Gasteiger partial charge >= 0.3 is 0 Å². The molecule has 3 aliphatic rings. The lowest BCUT2D eigenvalue weighted by Crippen LogP contribution is -2.40. The molecule has 1 aliphatic heterocycles. The molecule has 96 valence electrons. The number of rotatable bonds is 2. The minimum atomic E-state index is -0.0429. The Kier molecular flexibility index (Phi) is 2.33. The minimum absolute atomic E-state index is 0.0429. The van der Waals surface area contributed by atoms with Crippen molar-refractivity contribution < 1.29 is 0 Å². The molecule has 4 rings (SSSR count). The molecular formula is C18H19N. The number of fused-ring (bicyclic) bond motifs is 1. The fraction of sp³-hybridized carbons (Fsp3) is 0.333. The maximum Gasteiger partial charge on any atom is 0.0888 e. The zero-order valence-electron chi connectivity index (χ0n) is 11.3. The number of benzene rings is 1. The number of nitrogens with one attached hydrogen (secondary N) is 1. The summed E-state index contributed by atoms with van der Waals surface area (Å²) >= 11 is 0. The van der Waals surface area contributed by atoms with E-state index in [9.17, 15) is 0 Å². The van der Waals surface area contributed by atoms with Gasteiger partial charge < -0.3 is 0 Å². The van der Waals surface area contributed by atoms with Crippen LogP contribution in [0.2, 0.25) is 0 Å². The summed E-state index contributed by atoms with van der Waals surface area (Å²) in [5.74, 6) is 0. The van der Waals surface area contributed by atoms with E-state index in [1.54, 1.807) is 0 Å². The number of hydrogen-bond donors (Lipinski definition) is 1. The van der Waals surface area contributed by atoms with Crippen LogP contribution in [0.15, 0.2) is 53.6 Å². The fourth-order valence-corrected chi connectivity index (χ4v) is 3.85. The van der Waals surface area contributed by atoms with Crippen LogP contribution in [0.4, 0.5) is 0 Å². The van der Waals surface area contributed by atoms with Crippen LogP contribution in [-0.4, -0.2) is 6.04 Å². The van der Waals surface area contributed by atoms with E-state index in [4.69, 9.17) is 0 Å². The second-order valence-corrected chi connectivity index (χ2v) is 5.74. The average molecular weight is 249 g/mol. The Hall–Kier alpha value is -1.60. The standard InChI is InChI=1S/C18H19N/c1-2-7-17-14-12-13-8-3-4-9-15(13)18(19-17)11-6-5-10-16(14)18/h3-4,6,8-12,17,19H,2,5,7H2,1H3. The highest BCUT2D eigenvalue weighted by molar-refractivity contribution is 5.76. The molecule has 2 unspecified atom stereocenters. The van der Waals surface area contributed by atoms with Crippen LogP contribution in [0.3, 0.4) is 0 Å². The molecule has 1 nitrogen and oxygen atoms in total. The molecule has 0 radical (unpaired) electrons. The molecular weight excluding hydrogens is 230 g/mol. The van der Waals surface area contributed by atoms with Gasteiger partial charge in [-0.2, -0.15) is 0 Å². The molecule has 1 aromatic rings. The zero-order chi connectivity index (χ0) is 12.9. The molecule has 1 heterocycles. The second kappa shape index (κ2) is 3.94. The third-order valence-electron chi connectivity index (χ3n) is 4.61. The predicted molar refractivity (Wildman–Crippen MR) is 79.8 cm³/mol. The van der Waals surface area contributed by atoms with Gasteiger partial charge in [-0.05, 0) is 41.2 Å². The van der Waals surface area contributed by atoms with Crippen molar-refractivity contribution in [2.24, 2.45) is 0 Å². The lowest BCUT2D eigenvalue weighted by atomic mass is 9.73. The molecule has 1 saturated heterocycles. The SMILES string of the molecule is CCCC1NC23C=CCC=C2C1=Cc1ccccc13. The summed E-state index contributed by atoms with van der Waals surface area (Å²) in [6.07, 6.45) is 13.0. The molecule has 0 saturated carbocycles. The summed E-state index contributed by atoms with van der Waals surface area (Å²) in [7, 11) is 0. The lowest BCUT2D eigenvalue weighted by molar-refractivity contribution is 0.473. The molecule has 0 aromatic heterocycles. The zero-order valence-corrected chi connectivity index (χ0v) is 11.3. The van der Waals surface area contributed by atoms with Crippen molar-refractivity contribution in [2.75, 3.05) is 0 Å². The first-order valence-corrected chi connectivity index (χ1v) is 7.32. The van der Waals surface area contributed by atoms with Gasteiger partial charge in [0.1, 0.15) is 0 Å². The molecule has 0 amide bonds. The van der Waals surface area contributed by atoms with Crippen LogP contribution in [0, 0.1) is 0 Å². The van der Waals surface area contributed by atoms with Crippen molar-refractivity contribution in [1.82, 2.24) is 5.32 Å². The fourth-order valence-electron chi connectivity index (χ4n) is 3.85. The summed E-state index contributed by atoms with van der Waals surface area (Å²) in [6.45, 7) is 2.27. The summed E-state index contributed by atoms with van der Waals surface area (Å²) in [5.41, 5.74) is 5.78. The van der Waals surface area contributed by atoms with Gasteiger partial charge in [-0.25, -0.2) is 0 Å². The van der Waals surface area contributed by atoms with Crippen molar-refractivity contribution in [3.05, 3.63) is 64.8 Å². The van der Waals surface area contributed by atoms with Gasteiger partial charge in [0, 0.05) is 6.04 Å². The molecule has 1 fully saturated rings. The third kappa shape index (κ3) is 1.39. The van der Waals surface area contributed by atoms with Crippen molar-refractivity contribution in [3.8, 4) is 0 Å². The Morgan fingerprint density at radius 3 is 3.11 bits per heavy atom. The third-order valence-corrected chi connectivity index (χ3v) is 4.61. The number of hydrogen-bond acceptors (Lipinski definition) is 1. The Bertz CT molecular complexity index is 620.